The second kappa shape index (κ2) is 7.02. The van der Waals surface area contributed by atoms with Crippen molar-refractivity contribution < 1.29 is 17.9 Å². The first-order valence-electron chi connectivity index (χ1n) is 7.57. The highest BCUT2D eigenvalue weighted by atomic mass is 79.9. The first kappa shape index (κ1) is 18.9. The Balaban J connectivity index is 2.28. The van der Waals surface area contributed by atoms with Gasteiger partial charge in [0, 0.05) is 18.0 Å². The van der Waals surface area contributed by atoms with Gasteiger partial charge in [-0.3, -0.25) is 4.40 Å². The van der Waals surface area contributed by atoms with Gasteiger partial charge in [0.25, 0.3) is 0 Å². The zero-order chi connectivity index (χ0) is 19.1. The van der Waals surface area contributed by atoms with Crippen molar-refractivity contribution >= 4 is 48.9 Å². The van der Waals surface area contributed by atoms with Crippen molar-refractivity contribution in [1.82, 2.24) is 9.38 Å². The van der Waals surface area contributed by atoms with E-state index in [0.29, 0.717) is 21.5 Å². The van der Waals surface area contributed by atoms with Crippen molar-refractivity contribution in [2.24, 2.45) is 0 Å². The summed E-state index contributed by atoms with van der Waals surface area (Å²) in [7, 11) is -3.36. The van der Waals surface area contributed by atoms with Crippen LogP contribution in [0, 0.1) is 0 Å². The number of benzene rings is 1. The van der Waals surface area contributed by atoms with Crippen molar-refractivity contribution in [1.29, 1.82) is 0 Å². The molecule has 0 aliphatic heterocycles. The maximum Gasteiger partial charge on any atom is 0.341 e. The molecule has 0 fully saturated rings. The molecule has 3 aromatic rings. The number of pyridine rings is 1. The van der Waals surface area contributed by atoms with Crippen LogP contribution < -0.4 is 0 Å². The molecule has 2 heterocycles. The van der Waals surface area contributed by atoms with Crippen molar-refractivity contribution in [3.8, 4) is 11.4 Å². The van der Waals surface area contributed by atoms with Gasteiger partial charge in [-0.15, -0.1) is 0 Å². The van der Waals surface area contributed by atoms with Crippen LogP contribution in [-0.2, 0) is 14.6 Å². The minimum Gasteiger partial charge on any atom is -0.462 e. The van der Waals surface area contributed by atoms with Crippen molar-refractivity contribution in [2.45, 2.75) is 11.8 Å². The lowest BCUT2D eigenvalue weighted by Gasteiger charge is -2.08. The average Bonchev–Trinajstić information content (AvgIpc) is 2.91. The number of halogens is 2. The fraction of sp³-hybridized carbons (Fsp3) is 0.176. The number of imidazole rings is 1. The molecule has 0 radical (unpaired) electrons. The molecule has 0 saturated carbocycles. The van der Waals surface area contributed by atoms with Crippen LogP contribution in [0.25, 0.3) is 16.9 Å². The predicted molar refractivity (Wildman–Crippen MR) is 102 cm³/mol. The van der Waals surface area contributed by atoms with Crippen LogP contribution in [0.15, 0.2) is 46.0 Å². The fourth-order valence-corrected chi connectivity index (χ4v) is 4.02. The molecule has 0 spiro atoms. The monoisotopic (exact) mass is 456 g/mol. The van der Waals surface area contributed by atoms with Crippen LogP contribution in [-0.4, -0.2) is 36.6 Å². The molecule has 26 heavy (non-hydrogen) atoms. The number of ether oxygens (including phenoxy) is 1. The Morgan fingerprint density at radius 2 is 2.08 bits per heavy atom. The zero-order valence-corrected chi connectivity index (χ0v) is 17.0. The van der Waals surface area contributed by atoms with Crippen molar-refractivity contribution in [3.05, 3.63) is 51.7 Å². The van der Waals surface area contributed by atoms with Gasteiger partial charge in [-0.25, -0.2) is 18.2 Å². The molecule has 0 saturated heterocycles. The molecular formula is C17H14BrClN2O4S. The molecule has 0 N–H and O–H groups in total. The lowest BCUT2D eigenvalue weighted by Crippen LogP contribution is -2.08. The number of hydrogen-bond donors (Lipinski definition) is 0. The van der Waals surface area contributed by atoms with Gasteiger partial charge in [-0.1, -0.05) is 23.7 Å². The molecule has 0 unspecified atom stereocenters. The topological polar surface area (TPSA) is 77.7 Å². The van der Waals surface area contributed by atoms with Gasteiger partial charge in [0.2, 0.25) is 0 Å². The third kappa shape index (κ3) is 3.36. The Bertz CT molecular complexity index is 1130. The summed E-state index contributed by atoms with van der Waals surface area (Å²) in [5, 5.41) is 0.244. The first-order valence-corrected chi connectivity index (χ1v) is 10.6. The number of rotatable bonds is 4. The number of carbonyl (C=O) groups is 1. The number of fused-ring (bicyclic) bond motifs is 1. The summed E-state index contributed by atoms with van der Waals surface area (Å²) in [4.78, 5) is 16.9. The Hall–Kier alpha value is -1.90. The molecule has 0 aliphatic rings. The smallest absolute Gasteiger partial charge is 0.341 e. The van der Waals surface area contributed by atoms with Gasteiger partial charge in [0.05, 0.1) is 22.0 Å². The van der Waals surface area contributed by atoms with E-state index in [1.54, 1.807) is 35.7 Å². The van der Waals surface area contributed by atoms with E-state index in [1.165, 1.54) is 12.1 Å². The van der Waals surface area contributed by atoms with Gasteiger partial charge >= 0.3 is 5.97 Å². The summed E-state index contributed by atoms with van der Waals surface area (Å²) in [6.07, 6.45) is 2.81. The number of hydrogen-bond acceptors (Lipinski definition) is 5. The molecule has 0 atom stereocenters. The van der Waals surface area contributed by atoms with E-state index in [0.717, 1.165) is 6.26 Å². The van der Waals surface area contributed by atoms with Crippen LogP contribution in [0.2, 0.25) is 5.02 Å². The molecule has 6 nitrogen and oxygen atoms in total. The standard InChI is InChI=1S/C17H14BrClN2O4S/c1-3-25-17(22)13-12(19)7-8-21-14(13)15(18)20-16(21)10-5-4-6-11(9-10)26(2,23)24/h4-9H,3H2,1-2H3. The van der Waals surface area contributed by atoms with E-state index >= 15 is 0 Å². The minimum absolute atomic E-state index is 0.183. The summed E-state index contributed by atoms with van der Waals surface area (Å²) < 4.78 is 30.8. The Morgan fingerprint density at radius 1 is 1.35 bits per heavy atom. The molecule has 1 aromatic carbocycles. The van der Waals surface area contributed by atoms with Gasteiger partial charge < -0.3 is 4.74 Å². The number of carbonyl (C=O) groups excluding carboxylic acids is 1. The van der Waals surface area contributed by atoms with E-state index in [-0.39, 0.29) is 22.1 Å². The van der Waals surface area contributed by atoms with Crippen LogP contribution in [0.5, 0.6) is 0 Å². The fourth-order valence-electron chi connectivity index (χ4n) is 2.58. The number of aromatic nitrogens is 2. The van der Waals surface area contributed by atoms with Gasteiger partial charge in [-0.2, -0.15) is 0 Å². The van der Waals surface area contributed by atoms with E-state index in [4.69, 9.17) is 16.3 Å². The predicted octanol–water partition coefficient (Wildman–Crippen LogP) is 4.00. The molecular weight excluding hydrogens is 444 g/mol. The van der Waals surface area contributed by atoms with Crippen LogP contribution >= 0.6 is 27.5 Å². The molecule has 9 heteroatoms. The molecule has 0 bridgehead atoms. The molecule has 136 valence electrons. The largest absolute Gasteiger partial charge is 0.462 e. The van der Waals surface area contributed by atoms with Crippen LogP contribution in [0.1, 0.15) is 17.3 Å². The highest BCUT2D eigenvalue weighted by molar-refractivity contribution is 9.10. The minimum atomic E-state index is -3.36. The van der Waals surface area contributed by atoms with Crippen LogP contribution in [0.4, 0.5) is 0 Å². The second-order valence-corrected chi connectivity index (χ2v) is 8.68. The maximum atomic E-state index is 12.3. The maximum absolute atomic E-state index is 12.3. The summed E-state index contributed by atoms with van der Waals surface area (Å²) in [5.41, 5.74) is 1.24. The number of sulfone groups is 1. The average molecular weight is 458 g/mol. The Labute approximate surface area is 163 Å². The number of esters is 1. The van der Waals surface area contributed by atoms with E-state index in [1.807, 2.05) is 0 Å². The Morgan fingerprint density at radius 3 is 2.73 bits per heavy atom. The van der Waals surface area contributed by atoms with Crippen molar-refractivity contribution in [2.75, 3.05) is 12.9 Å². The molecule has 3 rings (SSSR count). The highest BCUT2D eigenvalue weighted by Crippen LogP contribution is 2.33. The summed E-state index contributed by atoms with van der Waals surface area (Å²) in [6.45, 7) is 1.92. The highest BCUT2D eigenvalue weighted by Gasteiger charge is 2.22. The Kier molecular flexibility index (Phi) is 5.09. The van der Waals surface area contributed by atoms with Gasteiger partial charge in [0.1, 0.15) is 16.0 Å². The second-order valence-electron chi connectivity index (χ2n) is 5.50. The van der Waals surface area contributed by atoms with Crippen molar-refractivity contribution in [3.63, 3.8) is 0 Å². The summed E-state index contributed by atoms with van der Waals surface area (Å²) in [6, 6.07) is 8.01. The van der Waals surface area contributed by atoms with E-state index in [9.17, 15) is 13.2 Å². The lowest BCUT2D eigenvalue weighted by atomic mass is 10.2. The third-order valence-corrected chi connectivity index (χ3v) is 5.69. The van der Waals surface area contributed by atoms with Gasteiger partial charge in [-0.05, 0) is 41.1 Å². The third-order valence-electron chi connectivity index (χ3n) is 3.71. The number of nitrogens with zero attached hydrogens (tertiary/aromatic N) is 2. The molecule has 0 aliphatic carbocycles. The van der Waals surface area contributed by atoms with E-state index in [2.05, 4.69) is 20.9 Å². The summed E-state index contributed by atoms with van der Waals surface area (Å²) in [5.74, 6) is -0.0836. The van der Waals surface area contributed by atoms with E-state index < -0.39 is 15.8 Å². The quantitative estimate of drug-likeness (QED) is 0.553. The first-order chi connectivity index (χ1) is 12.2. The zero-order valence-electron chi connectivity index (χ0n) is 13.9. The molecule has 2 aromatic heterocycles. The summed E-state index contributed by atoms with van der Waals surface area (Å²) >= 11 is 9.56. The lowest BCUT2D eigenvalue weighted by molar-refractivity contribution is 0.0528. The SMILES string of the molecule is CCOC(=O)c1c(Cl)ccn2c(-c3cccc(S(C)(=O)=O)c3)nc(Br)c12. The molecule has 0 amide bonds. The van der Waals surface area contributed by atoms with Crippen LogP contribution in [0.3, 0.4) is 0 Å². The normalized spacial score (nSPS) is 11.7. The van der Waals surface area contributed by atoms with Gasteiger partial charge in [0.15, 0.2) is 9.84 Å².